The average Bonchev–Trinajstić information content (AvgIpc) is 3.54. The topological polar surface area (TPSA) is 67.9 Å². The van der Waals surface area contributed by atoms with E-state index in [0.717, 1.165) is 12.8 Å². The Labute approximate surface area is 217 Å². The highest BCUT2D eigenvalue weighted by atomic mass is 35.5. The van der Waals surface area contributed by atoms with E-state index in [1.165, 1.54) is 12.1 Å². The summed E-state index contributed by atoms with van der Waals surface area (Å²) in [6.07, 6.45) is -9.30. The summed E-state index contributed by atoms with van der Waals surface area (Å²) < 4.78 is 83.1. The van der Waals surface area contributed by atoms with Gasteiger partial charge in [-0.25, -0.2) is 0 Å². The second-order valence-electron chi connectivity index (χ2n) is 9.65. The number of carbonyl (C=O) groups excluding carboxylic acids is 1. The zero-order valence-corrected chi connectivity index (χ0v) is 20.4. The fourth-order valence-electron chi connectivity index (χ4n) is 4.64. The number of alkyl halides is 6. The zero-order valence-electron chi connectivity index (χ0n) is 18.9. The Balaban J connectivity index is 1.39. The van der Waals surface area contributed by atoms with Gasteiger partial charge < -0.3 is 15.5 Å². The highest BCUT2D eigenvalue weighted by Gasteiger charge is 2.63. The Morgan fingerprint density at radius 2 is 1.65 bits per heavy atom. The van der Waals surface area contributed by atoms with Gasteiger partial charge in [-0.3, -0.25) is 4.79 Å². The quantitative estimate of drug-likeness (QED) is 0.462. The molecule has 2 heterocycles. The largest absolute Gasteiger partial charge is 0.435 e. The van der Waals surface area contributed by atoms with Crippen LogP contribution in [0.15, 0.2) is 41.6 Å². The van der Waals surface area contributed by atoms with Gasteiger partial charge in [-0.2, -0.15) is 26.3 Å². The molecule has 2 aromatic rings. The minimum atomic E-state index is -5.14. The molecule has 2 N–H and O–H groups in total. The Hall–Kier alpha value is -2.50. The van der Waals surface area contributed by atoms with E-state index in [2.05, 4.69) is 5.16 Å². The van der Waals surface area contributed by atoms with Crippen LogP contribution in [0.2, 0.25) is 10.0 Å². The first kappa shape index (κ1) is 26.1. The van der Waals surface area contributed by atoms with Gasteiger partial charge in [-0.1, -0.05) is 52.6 Å². The third kappa shape index (κ3) is 4.44. The Bertz CT molecular complexity index is 1290. The van der Waals surface area contributed by atoms with Crippen LogP contribution in [0.1, 0.15) is 41.5 Å². The second kappa shape index (κ2) is 8.51. The van der Waals surface area contributed by atoms with Gasteiger partial charge in [0.15, 0.2) is 0 Å². The summed E-state index contributed by atoms with van der Waals surface area (Å²) in [5.74, 6) is 0.151. The molecule has 1 saturated carbocycles. The summed E-state index contributed by atoms with van der Waals surface area (Å²) in [7, 11) is 0. The number of likely N-dealkylation sites (tertiary alicyclic amines) is 1. The van der Waals surface area contributed by atoms with Crippen LogP contribution in [0.5, 0.6) is 0 Å². The molecule has 1 amide bonds. The molecule has 2 fully saturated rings. The lowest BCUT2D eigenvalue weighted by molar-refractivity contribution is -0.276. The summed E-state index contributed by atoms with van der Waals surface area (Å²) in [6.45, 7) is 0.670. The van der Waals surface area contributed by atoms with Gasteiger partial charge in [0.2, 0.25) is 5.91 Å². The van der Waals surface area contributed by atoms with Crippen LogP contribution in [-0.4, -0.2) is 35.8 Å². The number of rotatable bonds is 4. The number of halogens is 8. The number of oxime groups is 1. The van der Waals surface area contributed by atoms with Crippen LogP contribution < -0.4 is 5.73 Å². The zero-order chi connectivity index (χ0) is 27.0. The van der Waals surface area contributed by atoms with Crippen LogP contribution in [0.3, 0.4) is 0 Å². The molecule has 5 nitrogen and oxygen atoms in total. The van der Waals surface area contributed by atoms with E-state index in [0.29, 0.717) is 24.7 Å². The van der Waals surface area contributed by atoms with Crippen molar-refractivity contribution in [3.05, 3.63) is 68.7 Å². The highest BCUT2D eigenvalue weighted by Crippen LogP contribution is 2.51. The van der Waals surface area contributed by atoms with Gasteiger partial charge in [0.25, 0.3) is 5.60 Å². The molecule has 0 spiro atoms. The number of hydrogen-bond donors (Lipinski definition) is 1. The molecule has 3 aliphatic rings. The van der Waals surface area contributed by atoms with Crippen molar-refractivity contribution in [3.63, 3.8) is 0 Å². The van der Waals surface area contributed by atoms with Crippen LogP contribution in [0, 0.1) is 5.92 Å². The summed E-state index contributed by atoms with van der Waals surface area (Å²) >= 11 is 11.4. The minimum absolute atomic E-state index is 0.0731. The third-order valence-electron chi connectivity index (χ3n) is 6.96. The fraction of sp³-hybridized carbons (Fsp3) is 0.417. The van der Waals surface area contributed by atoms with E-state index in [9.17, 15) is 31.1 Å². The van der Waals surface area contributed by atoms with Crippen molar-refractivity contribution in [1.29, 1.82) is 0 Å². The van der Waals surface area contributed by atoms with Crippen molar-refractivity contribution in [1.82, 2.24) is 4.90 Å². The number of nitrogens with two attached hydrogens (primary N) is 1. The van der Waals surface area contributed by atoms with Crippen molar-refractivity contribution < 1.29 is 36.0 Å². The molecule has 2 aliphatic heterocycles. The van der Waals surface area contributed by atoms with Gasteiger partial charge >= 0.3 is 12.4 Å². The molecule has 0 radical (unpaired) electrons. The van der Waals surface area contributed by atoms with Gasteiger partial charge in [0.1, 0.15) is 0 Å². The molecule has 37 heavy (non-hydrogen) atoms. The van der Waals surface area contributed by atoms with Gasteiger partial charge in [0.05, 0.1) is 26.9 Å². The van der Waals surface area contributed by atoms with E-state index in [1.807, 2.05) is 0 Å². The molecule has 5 rings (SSSR count). The predicted molar refractivity (Wildman–Crippen MR) is 123 cm³/mol. The first-order valence-corrected chi connectivity index (χ1v) is 12.0. The predicted octanol–water partition coefficient (Wildman–Crippen LogP) is 6.00. The minimum Gasteiger partial charge on any atom is -0.374 e. The third-order valence-corrected chi connectivity index (χ3v) is 7.77. The van der Waals surface area contributed by atoms with Crippen molar-refractivity contribution in [3.8, 4) is 0 Å². The Morgan fingerprint density at radius 3 is 2.19 bits per heavy atom. The average molecular weight is 566 g/mol. The maximum atomic E-state index is 14.3. The normalized spacial score (nSPS) is 23.4. The molecule has 2 aromatic carbocycles. The fourth-order valence-corrected chi connectivity index (χ4v) is 5.08. The highest BCUT2D eigenvalue weighted by molar-refractivity contribution is 6.42. The molecule has 0 bridgehead atoms. The van der Waals surface area contributed by atoms with Gasteiger partial charge in [0, 0.05) is 31.0 Å². The monoisotopic (exact) mass is 565 g/mol. The lowest BCUT2D eigenvalue weighted by Crippen LogP contribution is -2.66. The molecule has 1 aliphatic carbocycles. The van der Waals surface area contributed by atoms with Crippen LogP contribution >= 0.6 is 23.2 Å². The van der Waals surface area contributed by atoms with Gasteiger partial charge in [-0.15, -0.1) is 0 Å². The SMILES string of the molecule is NC1(c2ccc(C3=NOC(c4cc(Cl)c(Cl)c(C(F)(F)F)c4)(C(F)(F)F)C3)cc2)CN(C(=O)C2CC2)C1. The summed E-state index contributed by atoms with van der Waals surface area (Å²) in [5.41, 5.74) is 0.921. The van der Waals surface area contributed by atoms with E-state index in [-0.39, 0.29) is 29.2 Å². The van der Waals surface area contributed by atoms with E-state index in [4.69, 9.17) is 33.8 Å². The number of benzene rings is 2. The van der Waals surface area contributed by atoms with Crippen molar-refractivity contribution in [2.75, 3.05) is 13.1 Å². The molecular weight excluding hydrogens is 547 g/mol. The van der Waals surface area contributed by atoms with E-state index < -0.39 is 51.1 Å². The maximum Gasteiger partial charge on any atom is 0.435 e. The Morgan fingerprint density at radius 1 is 1.03 bits per heavy atom. The molecule has 0 aromatic heterocycles. The molecule has 198 valence electrons. The number of amides is 1. The molecular formula is C24H19Cl2F6N3O2. The van der Waals surface area contributed by atoms with Crippen molar-refractivity contribution in [2.24, 2.45) is 16.8 Å². The molecule has 1 saturated heterocycles. The molecule has 1 atom stereocenters. The number of hydrogen-bond acceptors (Lipinski definition) is 4. The summed E-state index contributed by atoms with van der Waals surface area (Å²) in [6, 6.07) is 7.28. The van der Waals surface area contributed by atoms with E-state index >= 15 is 0 Å². The van der Waals surface area contributed by atoms with Crippen LogP contribution in [-0.2, 0) is 26.9 Å². The Kier molecular flexibility index (Phi) is 6.00. The molecule has 1 unspecified atom stereocenters. The summed E-state index contributed by atoms with van der Waals surface area (Å²) in [5, 5.41) is 1.99. The van der Waals surface area contributed by atoms with Gasteiger partial charge in [-0.05, 0) is 36.1 Å². The van der Waals surface area contributed by atoms with Crippen molar-refractivity contribution in [2.45, 2.75) is 42.8 Å². The first-order chi connectivity index (χ1) is 17.1. The maximum absolute atomic E-state index is 14.3. The van der Waals surface area contributed by atoms with Crippen LogP contribution in [0.4, 0.5) is 26.3 Å². The molecule has 13 heteroatoms. The first-order valence-electron chi connectivity index (χ1n) is 11.2. The lowest BCUT2D eigenvalue weighted by atomic mass is 9.82. The number of carbonyl (C=O) groups is 1. The smallest absolute Gasteiger partial charge is 0.374 e. The summed E-state index contributed by atoms with van der Waals surface area (Å²) in [4.78, 5) is 18.7. The number of nitrogens with zero attached hydrogens (tertiary/aromatic N) is 2. The van der Waals surface area contributed by atoms with Crippen LogP contribution in [0.25, 0.3) is 0 Å². The second-order valence-corrected chi connectivity index (χ2v) is 10.4. The van der Waals surface area contributed by atoms with E-state index in [1.54, 1.807) is 17.0 Å². The standard InChI is InChI=1S/C24H19Cl2F6N3O2/c25-17-8-15(7-16(19(17)26)23(27,28)29)22(24(30,31)32)9-18(34-37-22)12-3-5-14(6-4-12)21(33)10-35(11-21)20(36)13-1-2-13/h3-8,13H,1-2,9-11,33H2. The van der Waals surface area contributed by atoms with Crippen molar-refractivity contribution >= 4 is 34.8 Å². The lowest BCUT2D eigenvalue weighted by Gasteiger charge is -2.48.